The molecule has 0 radical (unpaired) electrons. The summed E-state index contributed by atoms with van der Waals surface area (Å²) in [5.74, 6) is 1.27. The van der Waals surface area contributed by atoms with E-state index in [1.54, 1.807) is 12.1 Å². The number of aryl methyl sites for hydroxylation is 1. The fraction of sp³-hybridized carbons (Fsp3) is 0.294. The van der Waals surface area contributed by atoms with E-state index in [2.05, 4.69) is 0 Å². The number of benzene rings is 2. The molecule has 0 fully saturated rings. The summed E-state index contributed by atoms with van der Waals surface area (Å²) in [7, 11) is 0. The molecular formula is C17H17ClO3. The molecule has 2 aromatic rings. The van der Waals surface area contributed by atoms with Gasteiger partial charge < -0.3 is 14.6 Å². The Kier molecular flexibility index (Phi) is 4.04. The summed E-state index contributed by atoms with van der Waals surface area (Å²) in [6, 6.07) is 11.2. The molecule has 3 rings (SSSR count). The highest BCUT2D eigenvalue weighted by Gasteiger charge is 2.19. The maximum absolute atomic E-state index is 10.6. The van der Waals surface area contributed by atoms with Crippen molar-refractivity contribution in [1.82, 2.24) is 0 Å². The lowest BCUT2D eigenvalue weighted by atomic mass is 9.99. The van der Waals surface area contributed by atoms with Crippen LogP contribution in [0.25, 0.3) is 0 Å². The molecule has 4 heteroatoms. The summed E-state index contributed by atoms with van der Waals surface area (Å²) in [5.41, 5.74) is 2.54. The Morgan fingerprint density at radius 3 is 2.52 bits per heavy atom. The number of ether oxygens (including phenoxy) is 2. The first-order valence-corrected chi connectivity index (χ1v) is 7.36. The Bertz CT molecular complexity index is 654. The van der Waals surface area contributed by atoms with Gasteiger partial charge in [-0.25, -0.2) is 0 Å². The average Bonchev–Trinajstić information content (AvgIpc) is 2.70. The van der Waals surface area contributed by atoms with E-state index in [0.717, 1.165) is 17.5 Å². The van der Waals surface area contributed by atoms with Gasteiger partial charge >= 0.3 is 0 Å². The van der Waals surface area contributed by atoms with Crippen LogP contribution in [0.1, 0.15) is 29.2 Å². The summed E-state index contributed by atoms with van der Waals surface area (Å²) in [6.07, 6.45) is 0.0526. The van der Waals surface area contributed by atoms with Gasteiger partial charge in [0.15, 0.2) is 11.5 Å². The minimum atomic E-state index is -0.783. The monoisotopic (exact) mass is 304 g/mol. The Morgan fingerprint density at radius 2 is 1.81 bits per heavy atom. The van der Waals surface area contributed by atoms with Crippen molar-refractivity contribution in [3.05, 3.63) is 58.1 Å². The molecule has 2 aromatic carbocycles. The molecule has 0 aliphatic carbocycles. The fourth-order valence-corrected chi connectivity index (χ4v) is 2.69. The predicted molar refractivity (Wildman–Crippen MR) is 82.3 cm³/mol. The van der Waals surface area contributed by atoms with Crippen LogP contribution < -0.4 is 9.47 Å². The molecule has 110 valence electrons. The van der Waals surface area contributed by atoms with E-state index < -0.39 is 6.10 Å². The molecule has 0 saturated heterocycles. The van der Waals surface area contributed by atoms with Crippen LogP contribution in [-0.4, -0.2) is 18.3 Å². The zero-order valence-electron chi connectivity index (χ0n) is 11.8. The summed E-state index contributed by atoms with van der Waals surface area (Å²) in [4.78, 5) is 0. The highest BCUT2D eigenvalue weighted by Crippen LogP contribution is 2.39. The first-order chi connectivity index (χ1) is 10.1. The van der Waals surface area contributed by atoms with Crippen molar-refractivity contribution in [3.8, 4) is 11.5 Å². The Morgan fingerprint density at radius 1 is 1.10 bits per heavy atom. The smallest absolute Gasteiger partial charge is 0.162 e. The van der Waals surface area contributed by atoms with Crippen LogP contribution in [0.2, 0.25) is 5.02 Å². The van der Waals surface area contributed by atoms with E-state index >= 15 is 0 Å². The highest BCUT2D eigenvalue weighted by atomic mass is 35.5. The van der Waals surface area contributed by atoms with Crippen LogP contribution in [-0.2, 0) is 0 Å². The largest absolute Gasteiger partial charge is 0.490 e. The van der Waals surface area contributed by atoms with Crippen molar-refractivity contribution in [2.24, 2.45) is 0 Å². The summed E-state index contributed by atoms with van der Waals surface area (Å²) in [5, 5.41) is 11.1. The standard InChI is InChI=1S/C17H17ClO3/c1-11-4-2-5-12(8-11)17(19)13-9-15-16(10-14(13)18)21-7-3-6-20-15/h2,4-5,8-10,17,19H,3,6-7H2,1H3. The normalized spacial score (nSPS) is 15.4. The van der Waals surface area contributed by atoms with Crippen molar-refractivity contribution in [2.75, 3.05) is 13.2 Å². The van der Waals surface area contributed by atoms with Crippen molar-refractivity contribution < 1.29 is 14.6 Å². The van der Waals surface area contributed by atoms with E-state index in [1.807, 2.05) is 31.2 Å². The van der Waals surface area contributed by atoms with E-state index in [1.165, 1.54) is 0 Å². The second-order valence-electron chi connectivity index (χ2n) is 5.19. The van der Waals surface area contributed by atoms with E-state index in [9.17, 15) is 5.11 Å². The van der Waals surface area contributed by atoms with Crippen molar-refractivity contribution >= 4 is 11.6 Å². The number of aliphatic hydroxyl groups excluding tert-OH is 1. The zero-order valence-corrected chi connectivity index (χ0v) is 12.6. The van der Waals surface area contributed by atoms with Gasteiger partial charge in [-0.05, 0) is 18.6 Å². The van der Waals surface area contributed by atoms with Gasteiger partial charge in [0.05, 0.1) is 18.2 Å². The Hall–Kier alpha value is -1.71. The molecule has 1 heterocycles. The highest BCUT2D eigenvalue weighted by molar-refractivity contribution is 6.31. The number of rotatable bonds is 2. The molecule has 0 amide bonds. The van der Waals surface area contributed by atoms with Crippen molar-refractivity contribution in [3.63, 3.8) is 0 Å². The average molecular weight is 305 g/mol. The zero-order chi connectivity index (χ0) is 14.8. The second kappa shape index (κ2) is 5.96. The number of aliphatic hydroxyl groups is 1. The molecule has 1 aliphatic rings. The van der Waals surface area contributed by atoms with Gasteiger partial charge in [0.2, 0.25) is 0 Å². The van der Waals surface area contributed by atoms with Gasteiger partial charge in [-0.15, -0.1) is 0 Å². The van der Waals surface area contributed by atoms with Crippen LogP contribution in [0.5, 0.6) is 11.5 Å². The minimum absolute atomic E-state index is 0.480. The van der Waals surface area contributed by atoms with Gasteiger partial charge in [-0.3, -0.25) is 0 Å². The fourth-order valence-electron chi connectivity index (χ4n) is 2.43. The van der Waals surface area contributed by atoms with Crippen molar-refractivity contribution in [2.45, 2.75) is 19.4 Å². The van der Waals surface area contributed by atoms with Gasteiger partial charge in [-0.2, -0.15) is 0 Å². The molecule has 1 N–H and O–H groups in total. The van der Waals surface area contributed by atoms with Crippen LogP contribution in [0.15, 0.2) is 36.4 Å². The third-order valence-electron chi connectivity index (χ3n) is 3.52. The molecule has 0 spiro atoms. The molecule has 0 bridgehead atoms. The molecule has 0 aromatic heterocycles. The number of hydrogen-bond acceptors (Lipinski definition) is 3. The SMILES string of the molecule is Cc1cccc(C(O)c2cc3c(cc2Cl)OCCCO3)c1. The predicted octanol–water partition coefficient (Wildman–Crippen LogP) is 3.89. The molecule has 21 heavy (non-hydrogen) atoms. The Labute approximate surface area is 129 Å². The first kappa shape index (κ1) is 14.2. The number of halogens is 1. The maximum Gasteiger partial charge on any atom is 0.162 e. The third-order valence-corrected chi connectivity index (χ3v) is 3.85. The summed E-state index contributed by atoms with van der Waals surface area (Å²) < 4.78 is 11.3. The lowest BCUT2D eigenvalue weighted by Gasteiger charge is -2.16. The van der Waals surface area contributed by atoms with E-state index in [-0.39, 0.29) is 0 Å². The molecule has 3 nitrogen and oxygen atoms in total. The number of hydrogen-bond donors (Lipinski definition) is 1. The van der Waals surface area contributed by atoms with Crippen LogP contribution in [0.4, 0.5) is 0 Å². The third kappa shape index (κ3) is 2.99. The molecule has 1 unspecified atom stereocenters. The van der Waals surface area contributed by atoms with Crippen LogP contribution >= 0.6 is 11.6 Å². The van der Waals surface area contributed by atoms with Crippen molar-refractivity contribution in [1.29, 1.82) is 0 Å². The van der Waals surface area contributed by atoms with Gasteiger partial charge in [-0.1, -0.05) is 41.4 Å². The Balaban J connectivity index is 2.00. The molecule has 1 atom stereocenters. The second-order valence-corrected chi connectivity index (χ2v) is 5.59. The van der Waals surface area contributed by atoms with Crippen LogP contribution in [0, 0.1) is 6.92 Å². The molecule has 1 aliphatic heterocycles. The molecular weight excluding hydrogens is 288 g/mol. The lowest BCUT2D eigenvalue weighted by molar-refractivity contribution is 0.219. The maximum atomic E-state index is 10.6. The summed E-state index contributed by atoms with van der Waals surface area (Å²) >= 11 is 6.30. The van der Waals surface area contributed by atoms with E-state index in [0.29, 0.717) is 35.3 Å². The van der Waals surface area contributed by atoms with Gasteiger partial charge in [0.1, 0.15) is 6.10 Å². The summed E-state index contributed by atoms with van der Waals surface area (Å²) in [6.45, 7) is 3.21. The van der Waals surface area contributed by atoms with Gasteiger partial charge in [0, 0.05) is 18.1 Å². The topological polar surface area (TPSA) is 38.7 Å². The number of fused-ring (bicyclic) bond motifs is 1. The lowest BCUT2D eigenvalue weighted by Crippen LogP contribution is -2.02. The van der Waals surface area contributed by atoms with Crippen LogP contribution in [0.3, 0.4) is 0 Å². The quantitative estimate of drug-likeness (QED) is 0.915. The molecule has 0 saturated carbocycles. The van der Waals surface area contributed by atoms with E-state index in [4.69, 9.17) is 21.1 Å². The first-order valence-electron chi connectivity index (χ1n) is 6.99. The minimum Gasteiger partial charge on any atom is -0.490 e. The van der Waals surface area contributed by atoms with Gasteiger partial charge in [0.25, 0.3) is 0 Å².